The van der Waals surface area contributed by atoms with Gasteiger partial charge in [-0.25, -0.2) is 4.98 Å². The lowest BCUT2D eigenvalue weighted by molar-refractivity contribution is 0.864. The minimum Gasteiger partial charge on any atom is -0.330 e. The lowest BCUT2D eigenvalue weighted by Gasteiger charge is -2.09. The van der Waals surface area contributed by atoms with Crippen molar-refractivity contribution in [3.63, 3.8) is 0 Å². The molecule has 0 radical (unpaired) electrons. The summed E-state index contributed by atoms with van der Waals surface area (Å²) in [5.74, 6) is 0.493. The van der Waals surface area contributed by atoms with Crippen molar-refractivity contribution in [1.82, 2.24) is 9.97 Å². The molecule has 0 aliphatic carbocycles. The van der Waals surface area contributed by atoms with Gasteiger partial charge in [-0.1, -0.05) is 25.4 Å². The highest BCUT2D eigenvalue weighted by atomic mass is 35.5. The summed E-state index contributed by atoms with van der Waals surface area (Å²) in [6.45, 7) is 6.45. The van der Waals surface area contributed by atoms with Crippen LogP contribution in [0.1, 0.15) is 30.9 Å². The van der Waals surface area contributed by atoms with Gasteiger partial charge in [0.1, 0.15) is 10.8 Å². The maximum absolute atomic E-state index is 5.92. The minimum absolute atomic E-state index is 0.493. The molecule has 2 heterocycles. The number of nitrogens with one attached hydrogen (secondary N) is 1. The Bertz CT molecular complexity index is 471. The van der Waals surface area contributed by atoms with Crippen LogP contribution >= 0.6 is 11.6 Å². The van der Waals surface area contributed by atoms with Crippen molar-refractivity contribution >= 4 is 22.6 Å². The SMILES string of the molecule is Cc1cnc2[nH]c(Cl)cc2c1C(C)C. The van der Waals surface area contributed by atoms with Crippen molar-refractivity contribution in [2.45, 2.75) is 26.7 Å². The number of hydrogen-bond donors (Lipinski definition) is 1. The van der Waals surface area contributed by atoms with E-state index in [1.807, 2.05) is 12.3 Å². The highest BCUT2D eigenvalue weighted by Crippen LogP contribution is 2.28. The fraction of sp³-hybridized carbons (Fsp3) is 0.364. The Kier molecular flexibility index (Phi) is 2.23. The number of nitrogens with zero attached hydrogens (tertiary/aromatic N) is 1. The molecule has 0 aliphatic heterocycles. The molecule has 0 amide bonds. The van der Waals surface area contributed by atoms with Crippen LogP contribution in [0.2, 0.25) is 5.15 Å². The van der Waals surface area contributed by atoms with E-state index < -0.39 is 0 Å². The number of aromatic nitrogens is 2. The maximum Gasteiger partial charge on any atom is 0.138 e. The molecule has 14 heavy (non-hydrogen) atoms. The number of rotatable bonds is 1. The number of halogens is 1. The van der Waals surface area contributed by atoms with E-state index in [1.54, 1.807) is 0 Å². The van der Waals surface area contributed by atoms with Gasteiger partial charge in [-0.15, -0.1) is 0 Å². The Hall–Kier alpha value is -1.02. The molecule has 0 saturated carbocycles. The maximum atomic E-state index is 5.92. The molecule has 2 aromatic heterocycles. The van der Waals surface area contributed by atoms with Gasteiger partial charge in [0.15, 0.2) is 0 Å². The van der Waals surface area contributed by atoms with Gasteiger partial charge in [-0.3, -0.25) is 0 Å². The van der Waals surface area contributed by atoms with Crippen molar-refractivity contribution in [3.05, 3.63) is 28.5 Å². The molecule has 0 aromatic carbocycles. The second-order valence-corrected chi connectivity index (χ2v) is 4.30. The fourth-order valence-corrected chi connectivity index (χ4v) is 2.13. The lowest BCUT2D eigenvalue weighted by atomic mass is 9.97. The number of pyridine rings is 1. The molecule has 0 atom stereocenters. The predicted molar refractivity (Wildman–Crippen MR) is 59.9 cm³/mol. The first-order valence-corrected chi connectivity index (χ1v) is 5.11. The van der Waals surface area contributed by atoms with E-state index in [1.165, 1.54) is 11.1 Å². The van der Waals surface area contributed by atoms with Gasteiger partial charge in [0, 0.05) is 11.6 Å². The molecular weight excluding hydrogens is 196 g/mol. The first-order chi connectivity index (χ1) is 6.59. The van der Waals surface area contributed by atoms with Crippen molar-refractivity contribution in [2.24, 2.45) is 0 Å². The summed E-state index contributed by atoms with van der Waals surface area (Å²) < 4.78 is 0. The molecule has 0 unspecified atom stereocenters. The number of aromatic amines is 1. The summed E-state index contributed by atoms with van der Waals surface area (Å²) in [5, 5.41) is 1.80. The van der Waals surface area contributed by atoms with Crippen LogP contribution in [0.25, 0.3) is 11.0 Å². The number of H-pyrrole nitrogens is 1. The molecule has 2 aromatic rings. The first kappa shape index (κ1) is 9.53. The summed E-state index contributed by atoms with van der Waals surface area (Å²) in [6, 6.07) is 1.95. The summed E-state index contributed by atoms with van der Waals surface area (Å²) in [5.41, 5.74) is 3.44. The topological polar surface area (TPSA) is 28.7 Å². The fourth-order valence-electron chi connectivity index (χ4n) is 1.93. The normalized spacial score (nSPS) is 11.5. The third kappa shape index (κ3) is 1.40. The van der Waals surface area contributed by atoms with Crippen LogP contribution in [-0.2, 0) is 0 Å². The second-order valence-electron chi connectivity index (χ2n) is 3.89. The van der Waals surface area contributed by atoms with E-state index in [0.717, 1.165) is 11.0 Å². The zero-order valence-corrected chi connectivity index (χ0v) is 9.31. The summed E-state index contributed by atoms with van der Waals surface area (Å²) >= 11 is 5.92. The molecule has 0 saturated heterocycles. The monoisotopic (exact) mass is 208 g/mol. The zero-order valence-electron chi connectivity index (χ0n) is 8.56. The van der Waals surface area contributed by atoms with Crippen molar-refractivity contribution in [2.75, 3.05) is 0 Å². The van der Waals surface area contributed by atoms with Gasteiger partial charge in [-0.2, -0.15) is 0 Å². The quantitative estimate of drug-likeness (QED) is 0.762. The van der Waals surface area contributed by atoms with E-state index >= 15 is 0 Å². The molecule has 2 nitrogen and oxygen atoms in total. The second kappa shape index (κ2) is 3.28. The number of fused-ring (bicyclic) bond motifs is 1. The molecule has 0 fully saturated rings. The van der Waals surface area contributed by atoms with Crippen LogP contribution in [0.15, 0.2) is 12.3 Å². The van der Waals surface area contributed by atoms with Crippen molar-refractivity contribution in [1.29, 1.82) is 0 Å². The Morgan fingerprint density at radius 1 is 1.43 bits per heavy atom. The van der Waals surface area contributed by atoms with E-state index in [9.17, 15) is 0 Å². The molecule has 1 N–H and O–H groups in total. The van der Waals surface area contributed by atoms with Crippen LogP contribution < -0.4 is 0 Å². The third-order valence-electron chi connectivity index (χ3n) is 2.44. The third-order valence-corrected chi connectivity index (χ3v) is 2.65. The van der Waals surface area contributed by atoms with E-state index in [0.29, 0.717) is 11.1 Å². The van der Waals surface area contributed by atoms with Crippen LogP contribution in [-0.4, -0.2) is 9.97 Å². The standard InChI is InChI=1S/C11H13ClN2/c1-6(2)10-7(3)5-13-11-8(10)4-9(12)14-11/h4-6H,1-3H3,(H,13,14). The number of hydrogen-bond acceptors (Lipinski definition) is 1. The highest BCUT2D eigenvalue weighted by Gasteiger charge is 2.11. The Morgan fingerprint density at radius 3 is 2.79 bits per heavy atom. The van der Waals surface area contributed by atoms with Crippen LogP contribution in [0.4, 0.5) is 0 Å². The van der Waals surface area contributed by atoms with Crippen LogP contribution in [0.3, 0.4) is 0 Å². The van der Waals surface area contributed by atoms with E-state index in [-0.39, 0.29) is 0 Å². The summed E-state index contributed by atoms with van der Waals surface area (Å²) in [4.78, 5) is 7.34. The summed E-state index contributed by atoms with van der Waals surface area (Å²) in [6.07, 6.45) is 1.89. The van der Waals surface area contributed by atoms with Gasteiger partial charge in [0.05, 0.1) is 0 Å². The molecule has 2 rings (SSSR count). The van der Waals surface area contributed by atoms with Gasteiger partial charge < -0.3 is 4.98 Å². The Balaban J connectivity index is 2.82. The lowest BCUT2D eigenvalue weighted by Crippen LogP contribution is -1.94. The van der Waals surface area contributed by atoms with Crippen molar-refractivity contribution in [3.8, 4) is 0 Å². The molecule has 74 valence electrons. The van der Waals surface area contributed by atoms with Crippen molar-refractivity contribution < 1.29 is 0 Å². The molecule has 0 aliphatic rings. The first-order valence-electron chi connectivity index (χ1n) is 4.73. The molecule has 0 bridgehead atoms. The van der Waals surface area contributed by atoms with E-state index in [2.05, 4.69) is 30.7 Å². The zero-order chi connectivity index (χ0) is 10.3. The Labute approximate surface area is 88.3 Å². The molecule has 3 heteroatoms. The highest BCUT2D eigenvalue weighted by molar-refractivity contribution is 6.30. The van der Waals surface area contributed by atoms with Gasteiger partial charge >= 0.3 is 0 Å². The van der Waals surface area contributed by atoms with Gasteiger partial charge in [-0.05, 0) is 30.0 Å². The van der Waals surface area contributed by atoms with E-state index in [4.69, 9.17) is 11.6 Å². The minimum atomic E-state index is 0.493. The number of aryl methyl sites for hydroxylation is 1. The largest absolute Gasteiger partial charge is 0.330 e. The molecular formula is C11H13ClN2. The Morgan fingerprint density at radius 2 is 2.14 bits per heavy atom. The predicted octanol–water partition coefficient (Wildman–Crippen LogP) is 3.65. The van der Waals surface area contributed by atoms with Crippen LogP contribution in [0, 0.1) is 6.92 Å². The average molecular weight is 209 g/mol. The van der Waals surface area contributed by atoms with Gasteiger partial charge in [0.2, 0.25) is 0 Å². The molecule has 0 spiro atoms. The van der Waals surface area contributed by atoms with Gasteiger partial charge in [0.25, 0.3) is 0 Å². The summed E-state index contributed by atoms with van der Waals surface area (Å²) in [7, 11) is 0. The van der Waals surface area contributed by atoms with Crippen LogP contribution in [0.5, 0.6) is 0 Å². The average Bonchev–Trinajstić information content (AvgIpc) is 2.43. The smallest absolute Gasteiger partial charge is 0.138 e.